The van der Waals surface area contributed by atoms with Crippen LogP contribution in [0.5, 0.6) is 0 Å². The third-order valence-electron chi connectivity index (χ3n) is 7.46. The quantitative estimate of drug-likeness (QED) is 0.691. The van der Waals surface area contributed by atoms with Crippen molar-refractivity contribution in [2.75, 3.05) is 19.8 Å². The predicted octanol–water partition coefficient (Wildman–Crippen LogP) is 3.19. The van der Waals surface area contributed by atoms with Crippen molar-refractivity contribution in [2.24, 2.45) is 17.3 Å². The number of aromatic nitrogens is 1. The molecule has 1 saturated heterocycles. The molecule has 3 aliphatic rings. The predicted molar refractivity (Wildman–Crippen MR) is 117 cm³/mol. The maximum absolute atomic E-state index is 13.8. The van der Waals surface area contributed by atoms with Crippen LogP contribution >= 0.6 is 0 Å². The molecule has 4 rings (SSSR count). The van der Waals surface area contributed by atoms with E-state index in [4.69, 9.17) is 4.74 Å². The van der Waals surface area contributed by atoms with E-state index in [1.807, 2.05) is 19.9 Å². The van der Waals surface area contributed by atoms with E-state index in [-0.39, 0.29) is 36.7 Å². The Morgan fingerprint density at radius 2 is 2.03 bits per heavy atom. The minimum atomic E-state index is -4.60. The summed E-state index contributed by atoms with van der Waals surface area (Å²) in [5.74, 6) is 0.316. The van der Waals surface area contributed by atoms with Gasteiger partial charge in [-0.3, -0.25) is 9.59 Å². The molecule has 33 heavy (non-hydrogen) atoms. The molecule has 2 aliphatic heterocycles. The van der Waals surface area contributed by atoms with Crippen LogP contribution in [-0.4, -0.2) is 47.2 Å². The van der Waals surface area contributed by atoms with E-state index in [1.165, 1.54) is 4.57 Å². The lowest BCUT2D eigenvalue weighted by Crippen LogP contribution is -2.51. The molecule has 0 spiro atoms. The summed E-state index contributed by atoms with van der Waals surface area (Å²) in [5, 5.41) is 3.67. The summed E-state index contributed by atoms with van der Waals surface area (Å²) in [6.45, 7) is 8.09. The van der Waals surface area contributed by atoms with Crippen LogP contribution in [0, 0.1) is 17.3 Å². The van der Waals surface area contributed by atoms with E-state index in [0.29, 0.717) is 31.0 Å². The lowest BCUT2D eigenvalue weighted by Gasteiger charge is -2.40. The van der Waals surface area contributed by atoms with Crippen LogP contribution < -0.4 is 10.9 Å². The monoisotopic (exact) mass is 467 g/mol. The zero-order chi connectivity index (χ0) is 24.0. The van der Waals surface area contributed by atoms with Gasteiger partial charge in [0.05, 0.1) is 24.1 Å². The SMILES string of the molecule is CC(C)[C@]1(C(=O)N2CCn3c(cc(C(F)(F)F)cc3=O)C2)C=C[C@@H](NC2CCOC[C@@H]2C)C1. The molecular weight excluding hydrogens is 435 g/mol. The van der Waals surface area contributed by atoms with Crippen molar-refractivity contribution in [3.05, 3.63) is 45.9 Å². The van der Waals surface area contributed by atoms with E-state index in [9.17, 15) is 22.8 Å². The van der Waals surface area contributed by atoms with Crippen LogP contribution in [-0.2, 0) is 28.8 Å². The van der Waals surface area contributed by atoms with Crippen LogP contribution in [0.4, 0.5) is 13.2 Å². The largest absolute Gasteiger partial charge is 0.416 e. The van der Waals surface area contributed by atoms with Crippen LogP contribution in [0.3, 0.4) is 0 Å². The fraction of sp³-hybridized carbons (Fsp3) is 0.667. The van der Waals surface area contributed by atoms with Crippen molar-refractivity contribution in [2.45, 2.75) is 65.0 Å². The second-order valence-corrected chi connectivity index (χ2v) is 9.93. The van der Waals surface area contributed by atoms with Gasteiger partial charge in [0.1, 0.15) is 0 Å². The minimum absolute atomic E-state index is 0.00457. The Balaban J connectivity index is 1.52. The number of carbonyl (C=O) groups excluding carboxylic acids is 1. The van der Waals surface area contributed by atoms with Crippen LogP contribution in [0.15, 0.2) is 29.1 Å². The molecule has 6 nitrogen and oxygen atoms in total. The number of amides is 1. The average Bonchev–Trinajstić information content (AvgIpc) is 3.19. The van der Waals surface area contributed by atoms with Gasteiger partial charge in [-0.1, -0.05) is 32.9 Å². The normalized spacial score (nSPS) is 30.0. The Kier molecular flexibility index (Phi) is 6.48. The molecule has 9 heteroatoms. The molecule has 1 N–H and O–H groups in total. The van der Waals surface area contributed by atoms with Crippen molar-refractivity contribution in [1.29, 1.82) is 0 Å². The number of nitrogens with zero attached hydrogens (tertiary/aromatic N) is 2. The van der Waals surface area contributed by atoms with Crippen molar-refractivity contribution >= 4 is 5.91 Å². The van der Waals surface area contributed by atoms with Crippen LogP contribution in [0.25, 0.3) is 0 Å². The molecule has 1 amide bonds. The highest BCUT2D eigenvalue weighted by molar-refractivity contribution is 5.86. The van der Waals surface area contributed by atoms with Gasteiger partial charge in [0, 0.05) is 43.5 Å². The first-order chi connectivity index (χ1) is 15.5. The van der Waals surface area contributed by atoms with Crippen LogP contribution in [0.1, 0.15) is 44.9 Å². The van der Waals surface area contributed by atoms with E-state index < -0.39 is 22.7 Å². The van der Waals surface area contributed by atoms with E-state index >= 15 is 0 Å². The average molecular weight is 468 g/mol. The second kappa shape index (κ2) is 8.91. The molecular formula is C24H32F3N3O3. The van der Waals surface area contributed by atoms with Gasteiger partial charge in [0.2, 0.25) is 5.91 Å². The Morgan fingerprint density at radius 3 is 2.70 bits per heavy atom. The van der Waals surface area contributed by atoms with Gasteiger partial charge in [-0.05, 0) is 30.7 Å². The number of pyridine rings is 1. The number of hydrogen-bond donors (Lipinski definition) is 1. The molecule has 1 aliphatic carbocycles. The van der Waals surface area contributed by atoms with Gasteiger partial charge in [-0.2, -0.15) is 13.2 Å². The summed E-state index contributed by atoms with van der Waals surface area (Å²) in [7, 11) is 0. The Bertz CT molecular complexity index is 987. The molecule has 0 radical (unpaired) electrons. The zero-order valence-electron chi connectivity index (χ0n) is 19.3. The number of nitrogens with one attached hydrogen (secondary N) is 1. The zero-order valence-corrected chi connectivity index (χ0v) is 19.3. The Labute approximate surface area is 191 Å². The summed E-state index contributed by atoms with van der Waals surface area (Å²) < 4.78 is 46.5. The fourth-order valence-corrected chi connectivity index (χ4v) is 5.30. The maximum Gasteiger partial charge on any atom is 0.416 e. The summed E-state index contributed by atoms with van der Waals surface area (Å²) in [4.78, 5) is 27.6. The number of fused-ring (bicyclic) bond motifs is 1. The summed E-state index contributed by atoms with van der Waals surface area (Å²) in [5.41, 5.74) is -2.15. The van der Waals surface area contributed by atoms with Gasteiger partial charge < -0.3 is 19.5 Å². The second-order valence-electron chi connectivity index (χ2n) is 9.93. The molecule has 3 heterocycles. The summed E-state index contributed by atoms with van der Waals surface area (Å²) in [6, 6.07) is 1.99. The van der Waals surface area contributed by atoms with Gasteiger partial charge >= 0.3 is 6.18 Å². The minimum Gasteiger partial charge on any atom is -0.381 e. The topological polar surface area (TPSA) is 63.6 Å². The van der Waals surface area contributed by atoms with Gasteiger partial charge in [0.15, 0.2) is 0 Å². The molecule has 1 fully saturated rings. The van der Waals surface area contributed by atoms with Gasteiger partial charge in [-0.15, -0.1) is 0 Å². The maximum atomic E-state index is 13.8. The fourth-order valence-electron chi connectivity index (χ4n) is 5.30. The van der Waals surface area contributed by atoms with E-state index in [0.717, 1.165) is 25.7 Å². The number of hydrogen-bond acceptors (Lipinski definition) is 4. The van der Waals surface area contributed by atoms with Gasteiger partial charge in [-0.25, -0.2) is 0 Å². The third kappa shape index (κ3) is 4.62. The Hall–Kier alpha value is -2.13. The molecule has 0 aromatic carbocycles. The number of rotatable bonds is 4. The van der Waals surface area contributed by atoms with Crippen LogP contribution in [0.2, 0.25) is 0 Å². The third-order valence-corrected chi connectivity index (χ3v) is 7.46. The molecule has 4 atom stereocenters. The number of halogens is 3. The highest BCUT2D eigenvalue weighted by Gasteiger charge is 2.47. The highest BCUT2D eigenvalue weighted by atomic mass is 19.4. The summed E-state index contributed by atoms with van der Waals surface area (Å²) >= 11 is 0. The number of ether oxygens (including phenoxy) is 1. The molecule has 182 valence electrons. The summed E-state index contributed by atoms with van der Waals surface area (Å²) in [6.07, 6.45) is 0.973. The first kappa shape index (κ1) is 24.0. The van der Waals surface area contributed by atoms with Crippen molar-refractivity contribution in [3.63, 3.8) is 0 Å². The smallest absolute Gasteiger partial charge is 0.381 e. The standard InChI is InChI=1S/C24H32F3N3O3/c1-15(2)23(6-4-18(12-23)28-20-5-9-33-14-16(20)3)22(32)29-7-8-30-19(13-29)10-17(11-21(30)31)24(25,26)27/h4,6,10-11,15-16,18,20,28H,5,7-9,12-14H2,1-3H3/t16-,18+,20?,23-/m0/s1. The molecule has 1 aromatic rings. The number of alkyl halides is 3. The van der Waals surface area contributed by atoms with Crippen molar-refractivity contribution in [1.82, 2.24) is 14.8 Å². The van der Waals surface area contributed by atoms with Crippen molar-refractivity contribution < 1.29 is 22.7 Å². The number of carbonyl (C=O) groups is 1. The molecule has 0 bridgehead atoms. The first-order valence-corrected chi connectivity index (χ1v) is 11.6. The highest BCUT2D eigenvalue weighted by Crippen LogP contribution is 2.42. The van der Waals surface area contributed by atoms with E-state index in [2.05, 4.69) is 18.3 Å². The van der Waals surface area contributed by atoms with Gasteiger partial charge in [0.25, 0.3) is 5.56 Å². The molecule has 1 unspecified atom stereocenters. The van der Waals surface area contributed by atoms with Crippen molar-refractivity contribution in [3.8, 4) is 0 Å². The Morgan fingerprint density at radius 1 is 1.27 bits per heavy atom. The van der Waals surface area contributed by atoms with E-state index in [1.54, 1.807) is 4.90 Å². The molecule has 1 aromatic heterocycles. The first-order valence-electron chi connectivity index (χ1n) is 11.6. The lowest BCUT2D eigenvalue weighted by molar-refractivity contribution is -0.143. The molecule has 0 saturated carbocycles. The lowest BCUT2D eigenvalue weighted by atomic mass is 9.74.